The van der Waals surface area contributed by atoms with Crippen LogP contribution in [-0.4, -0.2) is 9.97 Å². The van der Waals surface area contributed by atoms with Crippen LogP contribution in [0.25, 0.3) is 0 Å². The lowest BCUT2D eigenvalue weighted by atomic mass is 10.1. The summed E-state index contributed by atoms with van der Waals surface area (Å²) in [7, 11) is 0. The first kappa shape index (κ1) is 13.8. The van der Waals surface area contributed by atoms with Gasteiger partial charge in [-0.25, -0.2) is 15.8 Å². The molecule has 100 valence electrons. The van der Waals surface area contributed by atoms with Crippen molar-refractivity contribution in [1.82, 2.24) is 9.97 Å². The number of nitrogens with two attached hydrogens (primary N) is 1. The molecular weight excluding hydrogens is 256 g/mol. The van der Waals surface area contributed by atoms with Gasteiger partial charge in [0, 0.05) is 11.8 Å². The summed E-state index contributed by atoms with van der Waals surface area (Å²) < 4.78 is 0. The van der Waals surface area contributed by atoms with E-state index in [4.69, 9.17) is 5.84 Å². The summed E-state index contributed by atoms with van der Waals surface area (Å²) in [6.07, 6.45) is 0. The molecular formula is C14H18N4S. The molecule has 2 aromatic rings. The summed E-state index contributed by atoms with van der Waals surface area (Å²) in [5.74, 6) is 7.65. The number of aryl methyl sites for hydroxylation is 3. The van der Waals surface area contributed by atoms with Crippen LogP contribution in [0.15, 0.2) is 29.3 Å². The number of nitrogen functional groups attached to an aromatic ring is 1. The van der Waals surface area contributed by atoms with E-state index in [1.54, 1.807) is 11.8 Å². The zero-order chi connectivity index (χ0) is 13.8. The quantitative estimate of drug-likeness (QED) is 0.388. The van der Waals surface area contributed by atoms with E-state index in [-0.39, 0.29) is 0 Å². The van der Waals surface area contributed by atoms with Gasteiger partial charge in [-0.1, -0.05) is 29.3 Å². The fourth-order valence-electron chi connectivity index (χ4n) is 2.00. The molecule has 0 unspecified atom stereocenters. The molecule has 0 aliphatic heterocycles. The first-order chi connectivity index (χ1) is 9.06. The van der Waals surface area contributed by atoms with Gasteiger partial charge in [0.2, 0.25) is 0 Å². The Morgan fingerprint density at radius 3 is 2.37 bits per heavy atom. The standard InChI is InChI=1S/C14H18N4S/c1-9-4-10(2)6-12(5-9)8-19-14-7-13(18-15)16-11(3)17-14/h4-7H,8,15H2,1-3H3,(H,16,17,18). The average Bonchev–Trinajstić information content (AvgIpc) is 2.34. The van der Waals surface area contributed by atoms with Crippen LogP contribution in [0.3, 0.4) is 0 Å². The van der Waals surface area contributed by atoms with Crippen molar-refractivity contribution in [3.05, 3.63) is 46.8 Å². The Kier molecular flexibility index (Phi) is 4.39. The fraction of sp³-hybridized carbons (Fsp3) is 0.286. The van der Waals surface area contributed by atoms with Crippen LogP contribution in [0.4, 0.5) is 5.82 Å². The Balaban J connectivity index is 2.11. The van der Waals surface area contributed by atoms with Crippen molar-refractivity contribution in [2.24, 2.45) is 5.84 Å². The molecule has 0 saturated heterocycles. The molecule has 1 aromatic carbocycles. The van der Waals surface area contributed by atoms with E-state index in [9.17, 15) is 0 Å². The van der Waals surface area contributed by atoms with Crippen molar-refractivity contribution < 1.29 is 0 Å². The topological polar surface area (TPSA) is 63.8 Å². The number of anilines is 1. The van der Waals surface area contributed by atoms with Crippen molar-refractivity contribution in [3.63, 3.8) is 0 Å². The monoisotopic (exact) mass is 274 g/mol. The highest BCUT2D eigenvalue weighted by Gasteiger charge is 2.03. The lowest BCUT2D eigenvalue weighted by Crippen LogP contribution is -2.09. The highest BCUT2D eigenvalue weighted by Crippen LogP contribution is 2.23. The number of nitrogens with one attached hydrogen (secondary N) is 1. The normalized spacial score (nSPS) is 10.5. The first-order valence-corrected chi connectivity index (χ1v) is 7.07. The summed E-state index contributed by atoms with van der Waals surface area (Å²) in [6, 6.07) is 8.45. The van der Waals surface area contributed by atoms with Crippen molar-refractivity contribution in [1.29, 1.82) is 0 Å². The molecule has 0 saturated carbocycles. The highest BCUT2D eigenvalue weighted by molar-refractivity contribution is 7.98. The third-order valence-corrected chi connectivity index (χ3v) is 3.61. The van der Waals surface area contributed by atoms with E-state index in [0.717, 1.165) is 16.6 Å². The highest BCUT2D eigenvalue weighted by atomic mass is 32.2. The maximum Gasteiger partial charge on any atom is 0.144 e. The number of hydrazine groups is 1. The van der Waals surface area contributed by atoms with Crippen LogP contribution in [0.5, 0.6) is 0 Å². The molecule has 2 rings (SSSR count). The van der Waals surface area contributed by atoms with Crippen LogP contribution in [-0.2, 0) is 5.75 Å². The molecule has 0 fully saturated rings. The number of benzene rings is 1. The minimum atomic E-state index is 0.649. The molecule has 1 aromatic heterocycles. The molecule has 3 N–H and O–H groups in total. The second-order valence-corrected chi connectivity index (χ2v) is 5.56. The van der Waals surface area contributed by atoms with Crippen LogP contribution >= 0.6 is 11.8 Å². The Labute approximate surface area is 117 Å². The summed E-state index contributed by atoms with van der Waals surface area (Å²) in [6.45, 7) is 6.10. The van der Waals surface area contributed by atoms with Crippen molar-refractivity contribution in [2.45, 2.75) is 31.6 Å². The zero-order valence-corrected chi connectivity index (χ0v) is 12.2. The first-order valence-electron chi connectivity index (χ1n) is 6.09. The number of nitrogens with zero attached hydrogens (tertiary/aromatic N) is 2. The molecule has 0 aliphatic rings. The van der Waals surface area contributed by atoms with Gasteiger partial charge in [0.1, 0.15) is 16.7 Å². The molecule has 5 heteroatoms. The number of aromatic nitrogens is 2. The maximum atomic E-state index is 5.39. The molecule has 1 heterocycles. The number of hydrogen-bond donors (Lipinski definition) is 2. The maximum absolute atomic E-state index is 5.39. The third-order valence-electron chi connectivity index (χ3n) is 2.63. The van der Waals surface area contributed by atoms with Crippen molar-refractivity contribution in [3.8, 4) is 0 Å². The van der Waals surface area contributed by atoms with Gasteiger partial charge in [-0.15, -0.1) is 11.8 Å². The Morgan fingerprint density at radius 1 is 1.05 bits per heavy atom. The van der Waals surface area contributed by atoms with Gasteiger partial charge in [0.05, 0.1) is 0 Å². The van der Waals surface area contributed by atoms with Crippen molar-refractivity contribution in [2.75, 3.05) is 5.43 Å². The molecule has 4 nitrogen and oxygen atoms in total. The number of hydrogen-bond acceptors (Lipinski definition) is 5. The molecule has 0 bridgehead atoms. The van der Waals surface area contributed by atoms with Gasteiger partial charge < -0.3 is 5.43 Å². The minimum Gasteiger partial charge on any atom is -0.308 e. The fourth-order valence-corrected chi connectivity index (χ4v) is 2.87. The van der Waals surface area contributed by atoms with Gasteiger partial charge >= 0.3 is 0 Å². The Hall–Kier alpha value is -1.59. The summed E-state index contributed by atoms with van der Waals surface area (Å²) in [5, 5.41) is 0.930. The van der Waals surface area contributed by atoms with E-state index in [1.807, 2.05) is 13.0 Å². The Bertz CT molecular complexity index is 563. The molecule has 0 atom stereocenters. The second-order valence-electron chi connectivity index (χ2n) is 4.57. The van der Waals surface area contributed by atoms with E-state index in [1.165, 1.54) is 16.7 Å². The lowest BCUT2D eigenvalue weighted by Gasteiger charge is -2.07. The van der Waals surface area contributed by atoms with Gasteiger partial charge in [-0.3, -0.25) is 0 Å². The van der Waals surface area contributed by atoms with Gasteiger partial charge in [-0.05, 0) is 26.3 Å². The number of rotatable bonds is 4. The van der Waals surface area contributed by atoms with E-state index in [2.05, 4.69) is 47.4 Å². The van der Waals surface area contributed by atoms with E-state index < -0.39 is 0 Å². The van der Waals surface area contributed by atoms with Gasteiger partial charge in [0.25, 0.3) is 0 Å². The van der Waals surface area contributed by atoms with Crippen LogP contribution in [0, 0.1) is 20.8 Å². The molecule has 0 amide bonds. The van der Waals surface area contributed by atoms with Crippen LogP contribution in [0.2, 0.25) is 0 Å². The molecule has 0 radical (unpaired) electrons. The largest absolute Gasteiger partial charge is 0.308 e. The van der Waals surface area contributed by atoms with Gasteiger partial charge in [0.15, 0.2) is 0 Å². The van der Waals surface area contributed by atoms with Crippen molar-refractivity contribution >= 4 is 17.6 Å². The lowest BCUT2D eigenvalue weighted by molar-refractivity contribution is 0.963. The number of thioether (sulfide) groups is 1. The van der Waals surface area contributed by atoms with E-state index in [0.29, 0.717) is 5.82 Å². The molecule has 0 spiro atoms. The molecule has 19 heavy (non-hydrogen) atoms. The predicted molar refractivity (Wildman–Crippen MR) is 80.1 cm³/mol. The third kappa shape index (κ3) is 3.94. The summed E-state index contributed by atoms with van der Waals surface area (Å²) >= 11 is 1.69. The van der Waals surface area contributed by atoms with Crippen LogP contribution in [0.1, 0.15) is 22.5 Å². The Morgan fingerprint density at radius 2 is 1.74 bits per heavy atom. The van der Waals surface area contributed by atoms with Gasteiger partial charge in [-0.2, -0.15) is 0 Å². The predicted octanol–water partition coefficient (Wildman–Crippen LogP) is 2.98. The van der Waals surface area contributed by atoms with E-state index >= 15 is 0 Å². The SMILES string of the molecule is Cc1cc(C)cc(CSc2cc(NN)nc(C)n2)c1. The summed E-state index contributed by atoms with van der Waals surface area (Å²) in [4.78, 5) is 8.57. The van der Waals surface area contributed by atoms with Crippen LogP contribution < -0.4 is 11.3 Å². The summed E-state index contributed by atoms with van der Waals surface area (Å²) in [5.41, 5.74) is 6.45. The molecule has 0 aliphatic carbocycles. The smallest absolute Gasteiger partial charge is 0.144 e. The average molecular weight is 274 g/mol. The minimum absolute atomic E-state index is 0.649. The second kappa shape index (κ2) is 6.04. The zero-order valence-electron chi connectivity index (χ0n) is 11.4.